The molecule has 1 aromatic carbocycles. The molecule has 1 aromatic rings. The van der Waals surface area contributed by atoms with Gasteiger partial charge in [0.25, 0.3) is 0 Å². The first-order valence-electron chi connectivity index (χ1n) is 5.24. The molecule has 0 aliphatic heterocycles. The van der Waals surface area contributed by atoms with Gasteiger partial charge in [-0.2, -0.15) is 0 Å². The van der Waals surface area contributed by atoms with Crippen molar-refractivity contribution in [1.29, 1.82) is 0 Å². The molecule has 0 saturated heterocycles. The van der Waals surface area contributed by atoms with Crippen LogP contribution in [0.25, 0.3) is 0 Å². The van der Waals surface area contributed by atoms with E-state index in [9.17, 15) is 4.79 Å². The molecule has 0 amide bonds. The van der Waals surface area contributed by atoms with Gasteiger partial charge < -0.3 is 0 Å². The van der Waals surface area contributed by atoms with E-state index in [4.69, 9.17) is 0 Å². The van der Waals surface area contributed by atoms with E-state index in [1.54, 1.807) is 0 Å². The van der Waals surface area contributed by atoms with Gasteiger partial charge in [-0.3, -0.25) is 4.79 Å². The molecule has 1 aliphatic rings. The van der Waals surface area contributed by atoms with Crippen molar-refractivity contribution in [2.45, 2.75) is 33.1 Å². The van der Waals surface area contributed by atoms with Crippen molar-refractivity contribution in [2.24, 2.45) is 5.41 Å². The largest absolute Gasteiger partial charge is 0.294 e. The zero-order valence-corrected chi connectivity index (χ0v) is 8.84. The molecule has 0 spiro atoms. The third-order valence-corrected chi connectivity index (χ3v) is 3.12. The summed E-state index contributed by atoms with van der Waals surface area (Å²) < 4.78 is 0. The third kappa shape index (κ3) is 1.47. The highest BCUT2D eigenvalue weighted by Crippen LogP contribution is 2.33. The van der Waals surface area contributed by atoms with E-state index < -0.39 is 0 Å². The van der Waals surface area contributed by atoms with E-state index >= 15 is 0 Å². The third-order valence-electron chi connectivity index (χ3n) is 3.12. The maximum atomic E-state index is 12.2. The lowest BCUT2D eigenvalue weighted by atomic mass is 9.82. The molecule has 14 heavy (non-hydrogen) atoms. The fourth-order valence-electron chi connectivity index (χ4n) is 2.16. The van der Waals surface area contributed by atoms with Crippen molar-refractivity contribution in [3.05, 3.63) is 35.4 Å². The molecule has 0 heterocycles. The summed E-state index contributed by atoms with van der Waals surface area (Å²) >= 11 is 0. The van der Waals surface area contributed by atoms with E-state index in [1.165, 1.54) is 5.56 Å². The number of carbonyl (C=O) groups excluding carboxylic acids is 1. The van der Waals surface area contributed by atoms with Crippen LogP contribution in [0, 0.1) is 5.41 Å². The minimum absolute atomic E-state index is 0.174. The lowest BCUT2D eigenvalue weighted by Crippen LogP contribution is -2.23. The first-order chi connectivity index (χ1) is 6.61. The molecular formula is C13H16O. The zero-order valence-electron chi connectivity index (χ0n) is 8.84. The number of Topliss-reactive ketones (excluding diaryl/α,β-unsaturated/α-hetero) is 1. The predicted octanol–water partition coefficient (Wildman–Crippen LogP) is 3.23. The van der Waals surface area contributed by atoms with Crippen LogP contribution < -0.4 is 0 Å². The van der Waals surface area contributed by atoms with E-state index in [2.05, 4.69) is 19.9 Å². The van der Waals surface area contributed by atoms with Gasteiger partial charge in [0.15, 0.2) is 5.78 Å². The van der Waals surface area contributed by atoms with Crippen LogP contribution in [0.5, 0.6) is 0 Å². The van der Waals surface area contributed by atoms with Gasteiger partial charge in [0, 0.05) is 11.0 Å². The van der Waals surface area contributed by atoms with Gasteiger partial charge in [-0.15, -0.1) is 0 Å². The summed E-state index contributed by atoms with van der Waals surface area (Å²) in [6.45, 7) is 4.11. The summed E-state index contributed by atoms with van der Waals surface area (Å²) in [5.41, 5.74) is 1.99. The Balaban J connectivity index is 2.51. The molecule has 0 N–H and O–H groups in total. The standard InChI is InChI=1S/C13H16O/c1-13(2)9-5-7-10-6-3-4-8-11(10)12(13)14/h3-4,6,8H,5,7,9H2,1-2H3. The first kappa shape index (κ1) is 9.45. The number of benzene rings is 1. The van der Waals surface area contributed by atoms with Crippen molar-refractivity contribution in [3.63, 3.8) is 0 Å². The summed E-state index contributed by atoms with van der Waals surface area (Å²) in [6, 6.07) is 8.02. The minimum Gasteiger partial charge on any atom is -0.294 e. The van der Waals surface area contributed by atoms with Crippen molar-refractivity contribution < 1.29 is 4.79 Å². The molecule has 0 saturated carbocycles. The Morgan fingerprint density at radius 1 is 1.21 bits per heavy atom. The SMILES string of the molecule is CC1(C)CCCc2ccccc2C1=O. The lowest BCUT2D eigenvalue weighted by molar-refractivity contribution is 0.0830. The Morgan fingerprint density at radius 3 is 2.71 bits per heavy atom. The lowest BCUT2D eigenvalue weighted by Gasteiger charge is -2.20. The summed E-state index contributed by atoms with van der Waals surface area (Å²) in [6.07, 6.45) is 3.17. The molecule has 1 nitrogen and oxygen atoms in total. The molecule has 1 heteroatoms. The predicted molar refractivity (Wildman–Crippen MR) is 57.5 cm³/mol. The quantitative estimate of drug-likeness (QED) is 0.571. The molecule has 0 radical (unpaired) electrons. The van der Waals surface area contributed by atoms with Crippen LogP contribution in [-0.2, 0) is 6.42 Å². The molecule has 1 aliphatic carbocycles. The highest BCUT2D eigenvalue weighted by atomic mass is 16.1. The summed E-state index contributed by atoms with van der Waals surface area (Å²) in [5, 5.41) is 0. The summed E-state index contributed by atoms with van der Waals surface area (Å²) in [4.78, 5) is 12.2. The average molecular weight is 188 g/mol. The van der Waals surface area contributed by atoms with E-state index in [0.717, 1.165) is 24.8 Å². The first-order valence-corrected chi connectivity index (χ1v) is 5.24. The fourth-order valence-corrected chi connectivity index (χ4v) is 2.16. The number of hydrogen-bond acceptors (Lipinski definition) is 1. The van der Waals surface area contributed by atoms with Crippen LogP contribution in [0.4, 0.5) is 0 Å². The van der Waals surface area contributed by atoms with Gasteiger partial charge in [0.2, 0.25) is 0 Å². The molecule has 0 aromatic heterocycles. The Bertz CT molecular complexity index is 363. The van der Waals surface area contributed by atoms with Gasteiger partial charge in [0.05, 0.1) is 0 Å². The molecule has 0 fully saturated rings. The highest BCUT2D eigenvalue weighted by Gasteiger charge is 2.31. The molecule has 74 valence electrons. The molecule has 0 atom stereocenters. The normalized spacial score (nSPS) is 20.0. The van der Waals surface area contributed by atoms with Crippen molar-refractivity contribution in [2.75, 3.05) is 0 Å². The van der Waals surface area contributed by atoms with Gasteiger partial charge in [0.1, 0.15) is 0 Å². The number of rotatable bonds is 0. The Hall–Kier alpha value is -1.11. The van der Waals surface area contributed by atoms with Crippen LogP contribution in [-0.4, -0.2) is 5.78 Å². The molecule has 2 rings (SSSR count). The van der Waals surface area contributed by atoms with Crippen LogP contribution in [0.3, 0.4) is 0 Å². The van der Waals surface area contributed by atoms with Gasteiger partial charge >= 0.3 is 0 Å². The van der Waals surface area contributed by atoms with Crippen LogP contribution in [0.2, 0.25) is 0 Å². The van der Waals surface area contributed by atoms with Gasteiger partial charge in [-0.05, 0) is 24.8 Å². The number of fused-ring (bicyclic) bond motifs is 1. The van der Waals surface area contributed by atoms with E-state index in [-0.39, 0.29) is 5.41 Å². The summed E-state index contributed by atoms with van der Waals surface area (Å²) in [5.74, 6) is 0.311. The summed E-state index contributed by atoms with van der Waals surface area (Å²) in [7, 11) is 0. The van der Waals surface area contributed by atoms with Crippen LogP contribution in [0.15, 0.2) is 24.3 Å². The second-order valence-electron chi connectivity index (χ2n) is 4.72. The Labute approximate surface area is 85.1 Å². The monoisotopic (exact) mass is 188 g/mol. The van der Waals surface area contributed by atoms with E-state index in [0.29, 0.717) is 5.78 Å². The van der Waals surface area contributed by atoms with Gasteiger partial charge in [-0.25, -0.2) is 0 Å². The van der Waals surface area contributed by atoms with Crippen molar-refractivity contribution in [3.8, 4) is 0 Å². The number of carbonyl (C=O) groups is 1. The smallest absolute Gasteiger partial charge is 0.168 e. The van der Waals surface area contributed by atoms with Gasteiger partial charge in [-0.1, -0.05) is 38.1 Å². The van der Waals surface area contributed by atoms with Crippen LogP contribution in [0.1, 0.15) is 42.6 Å². The number of ketones is 1. The molecule has 0 unspecified atom stereocenters. The average Bonchev–Trinajstić information content (AvgIpc) is 2.27. The van der Waals surface area contributed by atoms with Crippen molar-refractivity contribution in [1.82, 2.24) is 0 Å². The van der Waals surface area contributed by atoms with Crippen molar-refractivity contribution >= 4 is 5.78 Å². The fraction of sp³-hybridized carbons (Fsp3) is 0.462. The van der Waals surface area contributed by atoms with Crippen LogP contribution >= 0.6 is 0 Å². The number of hydrogen-bond donors (Lipinski definition) is 0. The topological polar surface area (TPSA) is 17.1 Å². The Kier molecular flexibility index (Phi) is 2.18. The Morgan fingerprint density at radius 2 is 1.93 bits per heavy atom. The van der Waals surface area contributed by atoms with E-state index in [1.807, 2.05) is 18.2 Å². The highest BCUT2D eigenvalue weighted by molar-refractivity contribution is 6.01. The molecular weight excluding hydrogens is 172 g/mol. The zero-order chi connectivity index (χ0) is 10.2. The second kappa shape index (κ2) is 3.23. The maximum absolute atomic E-state index is 12.2. The number of aryl methyl sites for hydroxylation is 1. The maximum Gasteiger partial charge on any atom is 0.168 e. The second-order valence-corrected chi connectivity index (χ2v) is 4.72. The minimum atomic E-state index is -0.174. The molecule has 0 bridgehead atoms.